The van der Waals surface area contributed by atoms with Crippen LogP contribution in [-0.2, 0) is 11.5 Å². The molecule has 0 saturated carbocycles. The van der Waals surface area contributed by atoms with Crippen LogP contribution in [0.1, 0.15) is 18.2 Å². The van der Waals surface area contributed by atoms with Crippen LogP contribution in [-0.4, -0.2) is 58.5 Å². The molecular formula is C26H32FN7OSSi. The molecule has 5 rings (SSSR count). The number of anilines is 1. The fourth-order valence-corrected chi connectivity index (χ4v) is 6.45. The molecule has 0 spiro atoms. The molecule has 4 aromatic heterocycles. The molecule has 1 aliphatic rings. The third-order valence-electron chi connectivity index (χ3n) is 7.02. The van der Waals surface area contributed by atoms with Gasteiger partial charge in [0.25, 0.3) is 0 Å². The molecular weight excluding hydrogens is 505 g/mol. The summed E-state index contributed by atoms with van der Waals surface area (Å²) in [4.78, 5) is 15.4. The van der Waals surface area contributed by atoms with Crippen molar-refractivity contribution in [2.45, 2.75) is 44.9 Å². The first-order valence-electron chi connectivity index (χ1n) is 12.6. The molecule has 1 saturated heterocycles. The van der Waals surface area contributed by atoms with Gasteiger partial charge in [-0.1, -0.05) is 19.6 Å². The maximum absolute atomic E-state index is 14.4. The summed E-state index contributed by atoms with van der Waals surface area (Å²) in [5.74, 6) is 0.138. The Kier molecular flexibility index (Phi) is 7.42. The maximum atomic E-state index is 14.4. The summed E-state index contributed by atoms with van der Waals surface area (Å²) in [5.41, 5.74) is 4.75. The Bertz CT molecular complexity index is 1400. The number of fused-ring (bicyclic) bond motifs is 1. The molecule has 0 N–H and O–H groups in total. The Balaban J connectivity index is 1.31. The Labute approximate surface area is 221 Å². The zero-order chi connectivity index (χ0) is 26.0. The van der Waals surface area contributed by atoms with Gasteiger partial charge in [-0.05, 0) is 24.6 Å². The van der Waals surface area contributed by atoms with Crippen LogP contribution in [0.25, 0.3) is 22.3 Å². The summed E-state index contributed by atoms with van der Waals surface area (Å²) in [6.07, 6.45) is 8.37. The predicted octanol–water partition coefficient (Wildman–Crippen LogP) is 5.58. The molecule has 4 aromatic rings. The van der Waals surface area contributed by atoms with E-state index in [2.05, 4.69) is 45.6 Å². The normalized spacial score (nSPS) is 16.9. The predicted molar refractivity (Wildman–Crippen MR) is 147 cm³/mol. The summed E-state index contributed by atoms with van der Waals surface area (Å²) in [6, 6.07) is 7.02. The first-order chi connectivity index (χ1) is 17.9. The number of hydrogen-bond donors (Lipinski definition) is 0. The number of halogens is 1. The van der Waals surface area contributed by atoms with E-state index in [4.69, 9.17) is 4.74 Å². The average molecular weight is 538 g/mol. The monoisotopic (exact) mass is 537 g/mol. The first-order valence-corrected chi connectivity index (χ1v) is 17.2. The Morgan fingerprint density at radius 2 is 2.11 bits per heavy atom. The van der Waals surface area contributed by atoms with E-state index in [9.17, 15) is 9.65 Å². The maximum Gasteiger partial charge on any atom is 0.175 e. The first kappa shape index (κ1) is 25.6. The third-order valence-corrected chi connectivity index (χ3v) is 9.61. The van der Waals surface area contributed by atoms with E-state index in [0.717, 1.165) is 52.9 Å². The van der Waals surface area contributed by atoms with Gasteiger partial charge in [0, 0.05) is 63.2 Å². The molecule has 11 heteroatoms. The zero-order valence-electron chi connectivity index (χ0n) is 21.5. The van der Waals surface area contributed by atoms with Gasteiger partial charge in [0.15, 0.2) is 5.69 Å². The lowest BCUT2D eigenvalue weighted by Gasteiger charge is -2.23. The van der Waals surface area contributed by atoms with Gasteiger partial charge >= 0.3 is 0 Å². The number of hydrogen-bond acceptors (Lipinski definition) is 7. The highest BCUT2D eigenvalue weighted by atomic mass is 32.1. The number of thiazole rings is 1. The van der Waals surface area contributed by atoms with E-state index >= 15 is 0 Å². The second-order valence-electron chi connectivity index (χ2n) is 10.8. The van der Waals surface area contributed by atoms with E-state index < -0.39 is 14.7 Å². The number of aromatic nitrogens is 5. The number of nitrogens with zero attached hydrogens (tertiary/aromatic N) is 7. The molecule has 37 heavy (non-hydrogen) atoms. The minimum Gasteiger partial charge on any atom is -0.361 e. The fraction of sp³-hybridized carbons (Fsp3) is 0.462. The second-order valence-corrected chi connectivity index (χ2v) is 17.2. The third kappa shape index (κ3) is 5.46. The average Bonchev–Trinajstić information content (AvgIpc) is 3.68. The molecule has 0 aliphatic carbocycles. The van der Waals surface area contributed by atoms with Crippen molar-refractivity contribution >= 4 is 35.4 Å². The summed E-state index contributed by atoms with van der Waals surface area (Å²) in [6.45, 7) is 9.29. The van der Waals surface area contributed by atoms with E-state index in [-0.39, 0.29) is 12.0 Å². The van der Waals surface area contributed by atoms with Crippen molar-refractivity contribution in [1.29, 1.82) is 5.26 Å². The molecule has 1 fully saturated rings. The molecule has 5 heterocycles. The van der Waals surface area contributed by atoms with Crippen LogP contribution in [0, 0.1) is 17.2 Å². The number of ether oxygens (including phenoxy) is 1. The smallest absolute Gasteiger partial charge is 0.175 e. The second kappa shape index (κ2) is 10.7. The van der Waals surface area contributed by atoms with Crippen LogP contribution in [0.15, 0.2) is 42.6 Å². The molecule has 194 valence electrons. The van der Waals surface area contributed by atoms with E-state index in [1.807, 2.05) is 39.9 Å². The fourth-order valence-electron chi connectivity index (χ4n) is 4.91. The Morgan fingerprint density at radius 1 is 1.24 bits per heavy atom. The lowest BCUT2D eigenvalue weighted by molar-refractivity contribution is 0.0899. The molecule has 8 nitrogen and oxygen atoms in total. The Hall–Kier alpha value is -3.07. The molecule has 2 unspecified atom stereocenters. The van der Waals surface area contributed by atoms with Crippen molar-refractivity contribution in [3.8, 4) is 17.3 Å². The number of rotatable bonds is 10. The van der Waals surface area contributed by atoms with Gasteiger partial charge in [0.2, 0.25) is 0 Å². The van der Waals surface area contributed by atoms with Gasteiger partial charge in [0.1, 0.15) is 36.5 Å². The topological polar surface area (TPSA) is 84.8 Å². The molecule has 2 atom stereocenters. The highest BCUT2D eigenvalue weighted by Crippen LogP contribution is 2.36. The van der Waals surface area contributed by atoms with Gasteiger partial charge in [-0.15, -0.1) is 11.3 Å². The highest BCUT2D eigenvalue weighted by molar-refractivity contribution is 7.14. The quantitative estimate of drug-likeness (QED) is 0.194. The van der Waals surface area contributed by atoms with Gasteiger partial charge < -0.3 is 18.8 Å². The molecule has 0 radical (unpaired) electrons. The van der Waals surface area contributed by atoms with E-state index in [0.29, 0.717) is 19.0 Å². The molecule has 0 amide bonds. The van der Waals surface area contributed by atoms with Crippen LogP contribution >= 0.6 is 11.3 Å². The van der Waals surface area contributed by atoms with Crippen molar-refractivity contribution in [3.63, 3.8) is 0 Å². The van der Waals surface area contributed by atoms with Gasteiger partial charge in [-0.25, -0.2) is 19.3 Å². The highest BCUT2D eigenvalue weighted by Gasteiger charge is 2.32. The number of nitriles is 1. The van der Waals surface area contributed by atoms with E-state index in [1.54, 1.807) is 11.8 Å². The van der Waals surface area contributed by atoms with Crippen molar-refractivity contribution in [1.82, 2.24) is 24.1 Å². The lowest BCUT2D eigenvalue weighted by atomic mass is 10.00. The SMILES string of the molecule is C[Si](C)(C)CCOCn1ccc2c(-c3ccn(C(CF)C4CCN(c5scnc5C#N)C4)c3)ncnc21. The van der Waals surface area contributed by atoms with Crippen LogP contribution in [0.4, 0.5) is 9.39 Å². The van der Waals surface area contributed by atoms with Crippen molar-refractivity contribution in [2.24, 2.45) is 5.92 Å². The van der Waals surface area contributed by atoms with Crippen molar-refractivity contribution in [3.05, 3.63) is 48.3 Å². The van der Waals surface area contributed by atoms with Gasteiger partial charge in [-0.3, -0.25) is 0 Å². The zero-order valence-corrected chi connectivity index (χ0v) is 23.3. The van der Waals surface area contributed by atoms with Gasteiger partial charge in [-0.2, -0.15) is 5.26 Å². The summed E-state index contributed by atoms with van der Waals surface area (Å²) in [7, 11) is -1.14. The van der Waals surface area contributed by atoms with Crippen LogP contribution in [0.3, 0.4) is 0 Å². The van der Waals surface area contributed by atoms with Crippen molar-refractivity contribution < 1.29 is 9.13 Å². The summed E-state index contributed by atoms with van der Waals surface area (Å²) >= 11 is 1.47. The van der Waals surface area contributed by atoms with Crippen LogP contribution < -0.4 is 4.90 Å². The van der Waals surface area contributed by atoms with Crippen molar-refractivity contribution in [2.75, 3.05) is 31.3 Å². The van der Waals surface area contributed by atoms with E-state index in [1.165, 1.54) is 11.3 Å². The molecule has 1 aliphatic heterocycles. The lowest BCUT2D eigenvalue weighted by Crippen LogP contribution is -2.25. The number of alkyl halides is 1. The van der Waals surface area contributed by atoms with Gasteiger partial charge in [0.05, 0.1) is 17.2 Å². The molecule has 0 aromatic carbocycles. The largest absolute Gasteiger partial charge is 0.361 e. The summed E-state index contributed by atoms with van der Waals surface area (Å²) < 4.78 is 24.3. The van der Waals surface area contributed by atoms with Crippen LogP contribution in [0.2, 0.25) is 25.7 Å². The summed E-state index contributed by atoms with van der Waals surface area (Å²) in [5, 5.41) is 11.2. The van der Waals surface area contributed by atoms with Crippen LogP contribution in [0.5, 0.6) is 0 Å². The molecule has 0 bridgehead atoms. The minimum atomic E-state index is -1.14. The minimum absolute atomic E-state index is 0.138. The Morgan fingerprint density at radius 3 is 2.89 bits per heavy atom. The standard InChI is InChI=1S/C26H32FN7OSSi/c1-37(2,3)11-10-35-18-34-9-6-21-24(29-16-30-25(21)34)20-5-7-32(15-20)23(12-27)19-4-8-33(14-19)26-22(13-28)31-17-36-26/h5-7,9,15-17,19,23H,4,8,10-12,14,18H2,1-3H3.